The number of hydrogen-bond acceptors (Lipinski definition) is 2. The standard InChI is InChI=1S/C9H10F3NO/c1-5-2-3-6(8(13)14)4-7(5)9(10,11)12/h2-4,8,14H,13H2,1H3/t8-/m1/s1. The van der Waals surface area contributed by atoms with Crippen LogP contribution in [0.4, 0.5) is 13.2 Å². The highest BCUT2D eigenvalue weighted by Crippen LogP contribution is 2.32. The van der Waals surface area contributed by atoms with Gasteiger partial charge in [-0.05, 0) is 24.1 Å². The molecule has 0 bridgehead atoms. The smallest absolute Gasteiger partial charge is 0.375 e. The number of aliphatic hydroxyl groups is 1. The summed E-state index contributed by atoms with van der Waals surface area (Å²) in [6.07, 6.45) is -5.79. The lowest BCUT2D eigenvalue weighted by Gasteiger charge is -2.13. The van der Waals surface area contributed by atoms with Crippen LogP contribution >= 0.6 is 0 Å². The molecular weight excluding hydrogens is 195 g/mol. The molecule has 0 heterocycles. The number of alkyl halides is 3. The summed E-state index contributed by atoms with van der Waals surface area (Å²) in [5.74, 6) is 0. The summed E-state index contributed by atoms with van der Waals surface area (Å²) in [6.45, 7) is 1.36. The molecule has 0 spiro atoms. The van der Waals surface area contributed by atoms with E-state index in [1.165, 1.54) is 19.1 Å². The molecule has 0 aliphatic carbocycles. The van der Waals surface area contributed by atoms with E-state index in [4.69, 9.17) is 10.8 Å². The van der Waals surface area contributed by atoms with Crippen LogP contribution in [0.3, 0.4) is 0 Å². The fourth-order valence-electron chi connectivity index (χ4n) is 1.13. The zero-order chi connectivity index (χ0) is 10.9. The maximum absolute atomic E-state index is 12.4. The van der Waals surface area contributed by atoms with Crippen LogP contribution in [0.1, 0.15) is 22.9 Å². The van der Waals surface area contributed by atoms with Crippen LogP contribution in [0.5, 0.6) is 0 Å². The van der Waals surface area contributed by atoms with Crippen LogP contribution in [-0.2, 0) is 6.18 Å². The molecule has 1 aromatic rings. The van der Waals surface area contributed by atoms with Gasteiger partial charge in [0.25, 0.3) is 0 Å². The monoisotopic (exact) mass is 205 g/mol. The minimum Gasteiger partial charge on any atom is -0.375 e. The molecule has 0 aromatic heterocycles. The molecule has 0 aliphatic heterocycles. The normalized spacial score (nSPS) is 14.1. The zero-order valence-corrected chi connectivity index (χ0v) is 7.47. The molecule has 0 unspecified atom stereocenters. The third-order valence-electron chi connectivity index (χ3n) is 1.91. The van der Waals surface area contributed by atoms with Crippen molar-refractivity contribution < 1.29 is 18.3 Å². The SMILES string of the molecule is Cc1ccc([C@H](N)O)cc1C(F)(F)F. The summed E-state index contributed by atoms with van der Waals surface area (Å²) in [5, 5.41) is 8.92. The largest absolute Gasteiger partial charge is 0.416 e. The number of aliphatic hydroxyl groups excluding tert-OH is 1. The Hall–Kier alpha value is -1.07. The molecule has 0 fully saturated rings. The Morgan fingerprint density at radius 1 is 1.36 bits per heavy atom. The van der Waals surface area contributed by atoms with E-state index in [0.29, 0.717) is 0 Å². The minimum absolute atomic E-state index is 0.0583. The molecule has 3 N–H and O–H groups in total. The second-order valence-electron chi connectivity index (χ2n) is 3.02. The summed E-state index contributed by atoms with van der Waals surface area (Å²) in [6, 6.07) is 3.52. The average molecular weight is 205 g/mol. The van der Waals surface area contributed by atoms with Gasteiger partial charge in [0.2, 0.25) is 0 Å². The maximum atomic E-state index is 12.4. The van der Waals surface area contributed by atoms with E-state index in [-0.39, 0.29) is 11.1 Å². The van der Waals surface area contributed by atoms with Gasteiger partial charge in [-0.15, -0.1) is 0 Å². The molecule has 1 aromatic carbocycles. The Morgan fingerprint density at radius 3 is 2.36 bits per heavy atom. The lowest BCUT2D eigenvalue weighted by atomic mass is 10.0. The predicted molar refractivity (Wildman–Crippen MR) is 45.3 cm³/mol. The van der Waals surface area contributed by atoms with Crippen LogP contribution < -0.4 is 5.73 Å². The molecular formula is C9H10F3NO. The van der Waals surface area contributed by atoms with Gasteiger partial charge in [0.05, 0.1) is 5.56 Å². The lowest BCUT2D eigenvalue weighted by molar-refractivity contribution is -0.138. The Bertz CT molecular complexity index is 333. The number of rotatable bonds is 1. The van der Waals surface area contributed by atoms with Gasteiger partial charge in [-0.1, -0.05) is 12.1 Å². The van der Waals surface area contributed by atoms with Gasteiger partial charge in [-0.25, -0.2) is 0 Å². The molecule has 2 nitrogen and oxygen atoms in total. The van der Waals surface area contributed by atoms with E-state index < -0.39 is 18.0 Å². The van der Waals surface area contributed by atoms with Crippen molar-refractivity contribution in [1.82, 2.24) is 0 Å². The van der Waals surface area contributed by atoms with Crippen molar-refractivity contribution in [2.75, 3.05) is 0 Å². The van der Waals surface area contributed by atoms with E-state index in [9.17, 15) is 13.2 Å². The first kappa shape index (κ1) is 11.0. The van der Waals surface area contributed by atoms with E-state index in [2.05, 4.69) is 0 Å². The van der Waals surface area contributed by atoms with Gasteiger partial charge >= 0.3 is 6.18 Å². The summed E-state index contributed by atoms with van der Waals surface area (Å²) in [5.41, 5.74) is 4.47. The second-order valence-corrected chi connectivity index (χ2v) is 3.02. The van der Waals surface area contributed by atoms with Crippen molar-refractivity contribution >= 4 is 0 Å². The first-order valence-electron chi connectivity index (χ1n) is 3.94. The van der Waals surface area contributed by atoms with Gasteiger partial charge in [0, 0.05) is 0 Å². The molecule has 78 valence electrons. The quantitative estimate of drug-likeness (QED) is 0.688. The van der Waals surface area contributed by atoms with Crippen LogP contribution in [0, 0.1) is 6.92 Å². The van der Waals surface area contributed by atoms with E-state index in [1.54, 1.807) is 0 Å². The number of hydrogen-bond donors (Lipinski definition) is 2. The summed E-state index contributed by atoms with van der Waals surface area (Å²) < 4.78 is 37.1. The Balaban J connectivity index is 3.22. The fraction of sp³-hybridized carbons (Fsp3) is 0.333. The van der Waals surface area contributed by atoms with E-state index in [1.807, 2.05) is 0 Å². The third kappa shape index (κ3) is 2.24. The molecule has 0 aliphatic rings. The van der Waals surface area contributed by atoms with Crippen LogP contribution in [0.15, 0.2) is 18.2 Å². The van der Waals surface area contributed by atoms with Gasteiger partial charge in [0.15, 0.2) is 0 Å². The van der Waals surface area contributed by atoms with Crippen LogP contribution in [0.25, 0.3) is 0 Å². The minimum atomic E-state index is -4.41. The predicted octanol–water partition coefficient (Wildman–Crippen LogP) is 1.96. The van der Waals surface area contributed by atoms with Crippen LogP contribution in [0.2, 0.25) is 0 Å². The third-order valence-corrected chi connectivity index (χ3v) is 1.91. The number of nitrogens with two attached hydrogens (primary N) is 1. The Labute approximate surface area is 79.2 Å². The first-order valence-corrected chi connectivity index (χ1v) is 3.94. The van der Waals surface area contributed by atoms with Crippen molar-refractivity contribution in [1.29, 1.82) is 0 Å². The van der Waals surface area contributed by atoms with E-state index >= 15 is 0 Å². The summed E-state index contributed by atoms with van der Waals surface area (Å²) in [4.78, 5) is 0. The highest BCUT2D eigenvalue weighted by Gasteiger charge is 2.32. The molecule has 0 saturated carbocycles. The van der Waals surface area contributed by atoms with E-state index in [0.717, 1.165) is 6.07 Å². The molecule has 0 saturated heterocycles. The molecule has 5 heteroatoms. The molecule has 1 atom stereocenters. The highest BCUT2D eigenvalue weighted by atomic mass is 19.4. The van der Waals surface area contributed by atoms with Crippen molar-refractivity contribution in [3.05, 3.63) is 34.9 Å². The van der Waals surface area contributed by atoms with Crippen molar-refractivity contribution in [2.24, 2.45) is 5.73 Å². The van der Waals surface area contributed by atoms with Gasteiger partial charge in [-0.3, -0.25) is 0 Å². The molecule has 0 amide bonds. The zero-order valence-electron chi connectivity index (χ0n) is 7.47. The average Bonchev–Trinajstić information content (AvgIpc) is 2.02. The van der Waals surface area contributed by atoms with Crippen molar-refractivity contribution in [2.45, 2.75) is 19.3 Å². The van der Waals surface area contributed by atoms with Crippen LogP contribution in [-0.4, -0.2) is 5.11 Å². The molecule has 1 rings (SSSR count). The topological polar surface area (TPSA) is 46.2 Å². The van der Waals surface area contributed by atoms with Crippen molar-refractivity contribution in [3.8, 4) is 0 Å². The number of halogens is 3. The summed E-state index contributed by atoms with van der Waals surface area (Å²) in [7, 11) is 0. The molecule has 0 radical (unpaired) electrons. The molecule has 14 heavy (non-hydrogen) atoms. The van der Waals surface area contributed by atoms with Gasteiger partial charge in [0.1, 0.15) is 6.23 Å². The van der Waals surface area contributed by atoms with Gasteiger partial charge in [-0.2, -0.15) is 13.2 Å². The Morgan fingerprint density at radius 2 is 1.93 bits per heavy atom. The van der Waals surface area contributed by atoms with Crippen molar-refractivity contribution in [3.63, 3.8) is 0 Å². The fourth-order valence-corrected chi connectivity index (χ4v) is 1.13. The first-order chi connectivity index (χ1) is 6.32. The summed E-state index contributed by atoms with van der Waals surface area (Å²) >= 11 is 0. The van der Waals surface area contributed by atoms with Gasteiger partial charge < -0.3 is 10.8 Å². The number of benzene rings is 1. The Kier molecular flexibility index (Phi) is 2.82. The highest BCUT2D eigenvalue weighted by molar-refractivity contribution is 5.33. The lowest BCUT2D eigenvalue weighted by Crippen LogP contribution is -2.12. The second kappa shape index (κ2) is 3.59. The number of aryl methyl sites for hydroxylation is 1. The maximum Gasteiger partial charge on any atom is 0.416 e.